The zero-order chi connectivity index (χ0) is 21.5. The highest BCUT2D eigenvalue weighted by molar-refractivity contribution is 7.99. The Bertz CT molecular complexity index is 647. The molecule has 2 N–H and O–H groups in total. The fourth-order valence-corrected chi connectivity index (χ4v) is 4.32. The van der Waals surface area contributed by atoms with Crippen molar-refractivity contribution in [1.29, 1.82) is 0 Å². The third-order valence-electron chi connectivity index (χ3n) is 4.96. The summed E-state index contributed by atoms with van der Waals surface area (Å²) in [6.45, 7) is 11.1. The highest BCUT2D eigenvalue weighted by Gasteiger charge is 2.27. The van der Waals surface area contributed by atoms with E-state index in [2.05, 4.69) is 10.2 Å². The Hall–Kier alpha value is -1.28. The Balaban J connectivity index is 2.54. The molecule has 1 aromatic rings. The lowest BCUT2D eigenvalue weighted by Crippen LogP contribution is -2.23. The van der Waals surface area contributed by atoms with Crippen molar-refractivity contribution >= 4 is 35.5 Å². The van der Waals surface area contributed by atoms with Crippen LogP contribution in [0.5, 0.6) is 0 Å². The molecule has 1 rings (SSSR count). The SMILES string of the molecule is Cc1c(SCCCC(C)(C)C(=O)O)nnc(SCCCC(C)(C)C(=O)O)c1C. The number of carboxylic acids is 2. The average molecular weight is 429 g/mol. The van der Waals surface area contributed by atoms with Crippen LogP contribution in [0.2, 0.25) is 0 Å². The summed E-state index contributed by atoms with van der Waals surface area (Å²) in [7, 11) is 0. The van der Waals surface area contributed by atoms with Gasteiger partial charge in [0.15, 0.2) is 0 Å². The molecule has 158 valence electrons. The molecular weight excluding hydrogens is 396 g/mol. The van der Waals surface area contributed by atoms with Crippen LogP contribution in [-0.4, -0.2) is 43.9 Å². The molecule has 0 aliphatic rings. The van der Waals surface area contributed by atoms with Crippen LogP contribution in [0.25, 0.3) is 0 Å². The van der Waals surface area contributed by atoms with E-state index < -0.39 is 22.8 Å². The molecule has 0 radical (unpaired) electrons. The van der Waals surface area contributed by atoms with Crippen molar-refractivity contribution < 1.29 is 19.8 Å². The summed E-state index contributed by atoms with van der Waals surface area (Å²) in [5.41, 5.74) is 0.802. The second-order valence-corrected chi connectivity index (χ2v) is 10.5. The molecule has 0 unspecified atom stereocenters. The predicted octanol–water partition coefficient (Wildman–Crippen LogP) is 5.06. The first-order chi connectivity index (χ1) is 12.9. The molecular formula is C20H32N2O4S2. The van der Waals surface area contributed by atoms with Crippen LogP contribution < -0.4 is 0 Å². The van der Waals surface area contributed by atoms with Gasteiger partial charge in [0.05, 0.1) is 10.8 Å². The van der Waals surface area contributed by atoms with Crippen molar-refractivity contribution in [2.75, 3.05) is 11.5 Å². The largest absolute Gasteiger partial charge is 0.481 e. The third-order valence-corrected chi connectivity index (χ3v) is 7.27. The van der Waals surface area contributed by atoms with E-state index in [1.165, 1.54) is 0 Å². The van der Waals surface area contributed by atoms with Crippen LogP contribution in [0.15, 0.2) is 10.1 Å². The van der Waals surface area contributed by atoms with Crippen molar-refractivity contribution in [3.05, 3.63) is 11.1 Å². The molecule has 0 aliphatic carbocycles. The van der Waals surface area contributed by atoms with Crippen LogP contribution in [0.4, 0.5) is 0 Å². The Kier molecular flexibility index (Phi) is 9.27. The fourth-order valence-electron chi connectivity index (χ4n) is 2.42. The lowest BCUT2D eigenvalue weighted by molar-refractivity contribution is -0.148. The van der Waals surface area contributed by atoms with Crippen molar-refractivity contribution in [3.63, 3.8) is 0 Å². The molecule has 0 saturated carbocycles. The van der Waals surface area contributed by atoms with Gasteiger partial charge in [-0.2, -0.15) is 0 Å². The monoisotopic (exact) mass is 428 g/mol. The minimum absolute atomic E-state index is 0.626. The summed E-state index contributed by atoms with van der Waals surface area (Å²) in [5, 5.41) is 28.8. The van der Waals surface area contributed by atoms with Gasteiger partial charge in [-0.25, -0.2) is 0 Å². The van der Waals surface area contributed by atoms with Gasteiger partial charge in [-0.05, 0) is 89.9 Å². The van der Waals surface area contributed by atoms with E-state index in [0.29, 0.717) is 12.8 Å². The molecule has 8 heteroatoms. The zero-order valence-electron chi connectivity index (χ0n) is 17.7. The Morgan fingerprint density at radius 2 is 1.11 bits per heavy atom. The van der Waals surface area contributed by atoms with Crippen molar-refractivity contribution in [3.8, 4) is 0 Å². The molecule has 1 aromatic heterocycles. The summed E-state index contributed by atoms with van der Waals surface area (Å²) in [5.74, 6) is 0.0834. The number of carboxylic acid groups (broad SMARTS) is 2. The van der Waals surface area contributed by atoms with Gasteiger partial charge in [-0.15, -0.1) is 33.7 Å². The van der Waals surface area contributed by atoms with Gasteiger partial charge in [-0.1, -0.05) is 0 Å². The van der Waals surface area contributed by atoms with E-state index in [1.807, 2.05) is 13.8 Å². The molecule has 0 saturated heterocycles. The zero-order valence-corrected chi connectivity index (χ0v) is 19.3. The van der Waals surface area contributed by atoms with Gasteiger partial charge >= 0.3 is 11.9 Å². The van der Waals surface area contributed by atoms with Gasteiger partial charge in [-0.3, -0.25) is 9.59 Å². The molecule has 0 atom stereocenters. The standard InChI is InChI=1S/C20H32N2O4S2/c1-13-14(2)16(28-12-8-10-20(5,6)18(25)26)22-21-15(13)27-11-7-9-19(3,4)17(23)24/h7-12H2,1-6H3,(H,23,24)(H,25,26). The molecule has 0 fully saturated rings. The Labute approximate surface area is 176 Å². The Morgan fingerprint density at radius 3 is 1.39 bits per heavy atom. The summed E-state index contributed by atoms with van der Waals surface area (Å²) >= 11 is 3.23. The van der Waals surface area contributed by atoms with Crippen LogP contribution >= 0.6 is 23.5 Å². The van der Waals surface area contributed by atoms with Gasteiger partial charge in [0.25, 0.3) is 0 Å². The first-order valence-electron chi connectivity index (χ1n) is 9.45. The number of nitrogens with zero attached hydrogens (tertiary/aromatic N) is 2. The van der Waals surface area contributed by atoms with Gasteiger partial charge in [0, 0.05) is 0 Å². The van der Waals surface area contributed by atoms with E-state index in [1.54, 1.807) is 51.2 Å². The van der Waals surface area contributed by atoms with E-state index in [4.69, 9.17) is 10.2 Å². The lowest BCUT2D eigenvalue weighted by Gasteiger charge is -2.19. The topological polar surface area (TPSA) is 100 Å². The van der Waals surface area contributed by atoms with Gasteiger partial charge in [0.2, 0.25) is 0 Å². The highest BCUT2D eigenvalue weighted by atomic mass is 32.2. The summed E-state index contributed by atoms with van der Waals surface area (Å²) in [4.78, 5) is 22.3. The number of aromatic nitrogens is 2. The smallest absolute Gasteiger partial charge is 0.309 e. The number of aliphatic carboxylic acids is 2. The molecule has 0 amide bonds. The maximum Gasteiger partial charge on any atom is 0.309 e. The number of rotatable bonds is 12. The van der Waals surface area contributed by atoms with Crippen LogP contribution in [0.1, 0.15) is 64.5 Å². The third kappa shape index (κ3) is 7.28. The maximum atomic E-state index is 11.2. The van der Waals surface area contributed by atoms with Crippen molar-refractivity contribution in [2.45, 2.75) is 77.3 Å². The number of hydrogen-bond donors (Lipinski definition) is 2. The second kappa shape index (κ2) is 10.5. The van der Waals surface area contributed by atoms with Crippen LogP contribution in [0, 0.1) is 24.7 Å². The van der Waals surface area contributed by atoms with E-state index in [-0.39, 0.29) is 0 Å². The molecule has 0 bridgehead atoms. The van der Waals surface area contributed by atoms with E-state index >= 15 is 0 Å². The van der Waals surface area contributed by atoms with Gasteiger partial charge in [0.1, 0.15) is 10.1 Å². The minimum atomic E-state index is -0.766. The van der Waals surface area contributed by atoms with Crippen molar-refractivity contribution in [2.24, 2.45) is 10.8 Å². The number of thioether (sulfide) groups is 2. The second-order valence-electron chi connectivity index (χ2n) is 8.34. The summed E-state index contributed by atoms with van der Waals surface area (Å²) < 4.78 is 0. The maximum absolute atomic E-state index is 11.2. The Morgan fingerprint density at radius 1 is 0.786 bits per heavy atom. The molecule has 0 aliphatic heterocycles. The first-order valence-corrected chi connectivity index (χ1v) is 11.4. The minimum Gasteiger partial charge on any atom is -0.481 e. The van der Waals surface area contributed by atoms with E-state index in [9.17, 15) is 9.59 Å². The van der Waals surface area contributed by atoms with Crippen LogP contribution in [-0.2, 0) is 9.59 Å². The summed E-state index contributed by atoms with van der Waals surface area (Å²) in [6.07, 6.45) is 2.86. The molecule has 28 heavy (non-hydrogen) atoms. The van der Waals surface area contributed by atoms with E-state index in [0.717, 1.165) is 45.5 Å². The molecule has 0 spiro atoms. The molecule has 1 heterocycles. The summed E-state index contributed by atoms with van der Waals surface area (Å²) in [6, 6.07) is 0. The van der Waals surface area contributed by atoms with Gasteiger partial charge < -0.3 is 10.2 Å². The first kappa shape index (κ1) is 24.8. The number of carbonyl (C=O) groups is 2. The number of hydrogen-bond acceptors (Lipinski definition) is 6. The lowest BCUT2D eigenvalue weighted by atomic mass is 9.88. The molecule has 0 aromatic carbocycles. The fraction of sp³-hybridized carbons (Fsp3) is 0.700. The van der Waals surface area contributed by atoms with Crippen molar-refractivity contribution in [1.82, 2.24) is 10.2 Å². The van der Waals surface area contributed by atoms with Crippen LogP contribution in [0.3, 0.4) is 0 Å². The molecule has 6 nitrogen and oxygen atoms in total. The highest BCUT2D eigenvalue weighted by Crippen LogP contribution is 2.31. The predicted molar refractivity (Wildman–Crippen MR) is 114 cm³/mol. The quantitative estimate of drug-likeness (QED) is 0.352. The normalized spacial score (nSPS) is 12.2. The average Bonchev–Trinajstić information content (AvgIpc) is 2.60.